The summed E-state index contributed by atoms with van der Waals surface area (Å²) in [5.41, 5.74) is -1.31. The summed E-state index contributed by atoms with van der Waals surface area (Å²) in [4.78, 5) is 14.4. The number of alkyl halides is 3. The molecule has 25 heavy (non-hydrogen) atoms. The van der Waals surface area contributed by atoms with Crippen molar-refractivity contribution < 1.29 is 18.1 Å². The van der Waals surface area contributed by atoms with Gasteiger partial charge in [-0.25, -0.2) is 0 Å². The van der Waals surface area contributed by atoms with Crippen molar-refractivity contribution in [1.29, 1.82) is 5.26 Å². The zero-order valence-corrected chi connectivity index (χ0v) is 13.6. The molecule has 0 bridgehead atoms. The zero-order valence-electron chi connectivity index (χ0n) is 13.6. The SMILES string of the molecule is N#CCCCCN1CCN(c2ccc(C(F)(F)F)cc2[N+](=O)[O-])CC1. The summed E-state index contributed by atoms with van der Waals surface area (Å²) in [6.07, 6.45) is -2.34. The monoisotopic (exact) mass is 356 g/mol. The summed E-state index contributed by atoms with van der Waals surface area (Å²) in [6, 6.07) is 4.77. The van der Waals surface area contributed by atoms with E-state index in [1.54, 1.807) is 4.90 Å². The Morgan fingerprint density at radius 2 is 1.88 bits per heavy atom. The molecule has 0 aromatic heterocycles. The van der Waals surface area contributed by atoms with Gasteiger partial charge in [0, 0.05) is 38.7 Å². The molecule has 0 saturated carbocycles. The van der Waals surface area contributed by atoms with Crippen molar-refractivity contribution in [2.75, 3.05) is 37.6 Å². The molecule has 0 amide bonds. The van der Waals surface area contributed by atoms with Gasteiger partial charge in [-0.15, -0.1) is 0 Å². The van der Waals surface area contributed by atoms with Gasteiger partial charge in [0.1, 0.15) is 5.69 Å². The summed E-state index contributed by atoms with van der Waals surface area (Å²) in [5, 5.41) is 19.7. The second-order valence-electron chi connectivity index (χ2n) is 5.90. The molecular weight excluding hydrogens is 337 g/mol. The molecule has 6 nitrogen and oxygen atoms in total. The van der Waals surface area contributed by atoms with E-state index in [0.717, 1.165) is 25.5 Å². The number of nitro groups is 1. The van der Waals surface area contributed by atoms with Gasteiger partial charge in [0.2, 0.25) is 0 Å². The van der Waals surface area contributed by atoms with E-state index < -0.39 is 22.4 Å². The maximum absolute atomic E-state index is 12.8. The topological polar surface area (TPSA) is 73.4 Å². The van der Waals surface area contributed by atoms with E-state index in [1.807, 2.05) is 0 Å². The van der Waals surface area contributed by atoms with E-state index in [4.69, 9.17) is 5.26 Å². The molecule has 0 N–H and O–H groups in total. The Morgan fingerprint density at radius 3 is 2.44 bits per heavy atom. The zero-order chi connectivity index (χ0) is 18.4. The van der Waals surface area contributed by atoms with Crippen LogP contribution in [0, 0.1) is 21.4 Å². The first-order valence-electron chi connectivity index (χ1n) is 8.03. The highest BCUT2D eigenvalue weighted by atomic mass is 19.4. The van der Waals surface area contributed by atoms with E-state index in [-0.39, 0.29) is 5.69 Å². The minimum absolute atomic E-state index is 0.224. The van der Waals surface area contributed by atoms with Crippen LogP contribution in [-0.4, -0.2) is 42.5 Å². The van der Waals surface area contributed by atoms with Crippen LogP contribution in [0.2, 0.25) is 0 Å². The van der Waals surface area contributed by atoms with Gasteiger partial charge in [-0.05, 0) is 31.5 Å². The minimum Gasteiger partial charge on any atom is -0.363 e. The fourth-order valence-electron chi connectivity index (χ4n) is 2.87. The third-order valence-electron chi connectivity index (χ3n) is 4.23. The molecule has 2 rings (SSSR count). The van der Waals surface area contributed by atoms with E-state index in [1.165, 1.54) is 6.07 Å². The molecule has 1 aromatic carbocycles. The lowest BCUT2D eigenvalue weighted by Gasteiger charge is -2.35. The number of piperazine rings is 1. The predicted molar refractivity (Wildman–Crippen MR) is 86.2 cm³/mol. The third kappa shape index (κ3) is 5.06. The number of hydrogen-bond acceptors (Lipinski definition) is 5. The first-order valence-corrected chi connectivity index (χ1v) is 8.03. The molecule has 1 fully saturated rings. The molecule has 1 heterocycles. The van der Waals surface area contributed by atoms with Crippen LogP contribution in [-0.2, 0) is 6.18 Å². The molecule has 1 aliphatic rings. The van der Waals surface area contributed by atoms with Crippen molar-refractivity contribution in [2.45, 2.75) is 25.4 Å². The Bertz CT molecular complexity index is 650. The van der Waals surface area contributed by atoms with Crippen molar-refractivity contribution in [1.82, 2.24) is 4.90 Å². The molecule has 9 heteroatoms. The van der Waals surface area contributed by atoms with Crippen LogP contribution < -0.4 is 4.90 Å². The second kappa shape index (κ2) is 8.16. The fraction of sp³-hybridized carbons (Fsp3) is 0.562. The number of halogens is 3. The maximum Gasteiger partial charge on any atom is 0.416 e. The Kier molecular flexibility index (Phi) is 6.20. The minimum atomic E-state index is -4.61. The average Bonchev–Trinajstić information content (AvgIpc) is 2.58. The molecule has 0 unspecified atom stereocenters. The highest BCUT2D eigenvalue weighted by Crippen LogP contribution is 2.36. The van der Waals surface area contributed by atoms with Gasteiger partial charge in [0.15, 0.2) is 0 Å². The summed E-state index contributed by atoms with van der Waals surface area (Å²) in [7, 11) is 0. The van der Waals surface area contributed by atoms with Crippen LogP contribution in [0.4, 0.5) is 24.5 Å². The predicted octanol–water partition coefficient (Wildman–Crippen LogP) is 3.43. The lowest BCUT2D eigenvalue weighted by molar-refractivity contribution is -0.384. The van der Waals surface area contributed by atoms with Gasteiger partial charge >= 0.3 is 6.18 Å². The largest absolute Gasteiger partial charge is 0.416 e. The second-order valence-corrected chi connectivity index (χ2v) is 5.90. The number of hydrogen-bond donors (Lipinski definition) is 0. The fourth-order valence-corrected chi connectivity index (χ4v) is 2.87. The molecule has 1 saturated heterocycles. The van der Waals surface area contributed by atoms with Crippen LogP contribution >= 0.6 is 0 Å². The molecule has 0 atom stereocenters. The van der Waals surface area contributed by atoms with Crippen molar-refractivity contribution in [2.24, 2.45) is 0 Å². The first-order chi connectivity index (χ1) is 11.8. The van der Waals surface area contributed by atoms with Crippen LogP contribution in [0.5, 0.6) is 0 Å². The Morgan fingerprint density at radius 1 is 1.20 bits per heavy atom. The van der Waals surface area contributed by atoms with Crippen molar-refractivity contribution in [3.05, 3.63) is 33.9 Å². The van der Waals surface area contributed by atoms with E-state index in [9.17, 15) is 23.3 Å². The number of rotatable bonds is 6. The number of anilines is 1. The molecule has 0 radical (unpaired) electrons. The molecule has 1 aliphatic heterocycles. The van der Waals surface area contributed by atoms with E-state index >= 15 is 0 Å². The van der Waals surface area contributed by atoms with Crippen molar-refractivity contribution in [3.8, 4) is 6.07 Å². The van der Waals surface area contributed by atoms with Crippen LogP contribution in [0.3, 0.4) is 0 Å². The molecule has 136 valence electrons. The van der Waals surface area contributed by atoms with Gasteiger partial charge in [-0.1, -0.05) is 0 Å². The van der Waals surface area contributed by atoms with Crippen molar-refractivity contribution >= 4 is 11.4 Å². The number of nitriles is 1. The van der Waals surface area contributed by atoms with Crippen LogP contribution in [0.25, 0.3) is 0 Å². The average molecular weight is 356 g/mol. The number of benzene rings is 1. The summed E-state index contributed by atoms with van der Waals surface area (Å²) in [6.45, 7) is 3.26. The Hall–Kier alpha value is -2.34. The van der Waals surface area contributed by atoms with Gasteiger partial charge < -0.3 is 4.90 Å². The smallest absolute Gasteiger partial charge is 0.363 e. The standard InChI is InChI=1S/C16H19F3N4O2/c17-16(18,19)13-4-5-14(15(12-13)23(24)25)22-10-8-21(9-11-22)7-3-1-2-6-20/h4-5,12H,1-3,7-11H2. The first kappa shape index (κ1) is 19.0. The highest BCUT2D eigenvalue weighted by molar-refractivity contribution is 5.65. The normalized spacial score (nSPS) is 15.8. The van der Waals surface area contributed by atoms with E-state index in [2.05, 4.69) is 11.0 Å². The molecule has 0 spiro atoms. The Labute approximate surface area is 143 Å². The summed E-state index contributed by atoms with van der Waals surface area (Å²) >= 11 is 0. The van der Waals surface area contributed by atoms with Gasteiger partial charge in [-0.2, -0.15) is 18.4 Å². The van der Waals surface area contributed by atoms with Gasteiger partial charge in [0.05, 0.1) is 16.6 Å². The lowest BCUT2D eigenvalue weighted by atomic mass is 10.1. The van der Waals surface area contributed by atoms with E-state index in [0.29, 0.717) is 38.7 Å². The molecule has 1 aromatic rings. The van der Waals surface area contributed by atoms with Crippen LogP contribution in [0.1, 0.15) is 24.8 Å². The Balaban J connectivity index is 2.03. The van der Waals surface area contributed by atoms with Gasteiger partial charge in [-0.3, -0.25) is 15.0 Å². The van der Waals surface area contributed by atoms with Crippen LogP contribution in [0.15, 0.2) is 18.2 Å². The third-order valence-corrected chi connectivity index (χ3v) is 4.23. The lowest BCUT2D eigenvalue weighted by Crippen LogP contribution is -2.46. The van der Waals surface area contributed by atoms with Gasteiger partial charge in [0.25, 0.3) is 5.69 Å². The number of nitrogens with zero attached hydrogens (tertiary/aromatic N) is 4. The number of nitro benzene ring substituents is 1. The highest BCUT2D eigenvalue weighted by Gasteiger charge is 2.34. The summed E-state index contributed by atoms with van der Waals surface area (Å²) in [5.74, 6) is 0. The van der Waals surface area contributed by atoms with Crippen molar-refractivity contribution in [3.63, 3.8) is 0 Å². The maximum atomic E-state index is 12.8. The quantitative estimate of drug-likeness (QED) is 0.444. The summed E-state index contributed by atoms with van der Waals surface area (Å²) < 4.78 is 38.3. The molecular formula is C16H19F3N4O2. The number of unbranched alkanes of at least 4 members (excludes halogenated alkanes) is 2. The molecule has 0 aliphatic carbocycles.